The molecule has 1 heterocycles. The molecular weight excluding hydrogens is 232 g/mol. The molecule has 0 spiro atoms. The Morgan fingerprint density at radius 1 is 1.28 bits per heavy atom. The molecule has 1 rings (SSSR count). The largest absolute Gasteiger partial charge is 0.444 e. The number of ether oxygens (including phenoxy) is 1. The molecule has 18 heavy (non-hydrogen) atoms. The van der Waals surface area contributed by atoms with Crippen molar-refractivity contribution in [3.63, 3.8) is 0 Å². The van der Waals surface area contributed by atoms with Gasteiger partial charge >= 0.3 is 6.09 Å². The van der Waals surface area contributed by atoms with Crippen LogP contribution in [0.4, 0.5) is 4.79 Å². The van der Waals surface area contributed by atoms with Gasteiger partial charge in [0.2, 0.25) is 0 Å². The summed E-state index contributed by atoms with van der Waals surface area (Å²) in [6, 6.07) is 0.364. The molecule has 106 valence electrons. The smallest absolute Gasteiger partial charge is 0.410 e. The Morgan fingerprint density at radius 2 is 1.89 bits per heavy atom. The molecule has 1 aliphatic heterocycles. The monoisotopic (exact) mass is 258 g/mol. The summed E-state index contributed by atoms with van der Waals surface area (Å²) in [5.41, 5.74) is -0.456. The van der Waals surface area contributed by atoms with E-state index in [0.717, 1.165) is 6.54 Å². The average Bonchev–Trinajstić information content (AvgIpc) is 2.20. The normalized spacial score (nSPS) is 26.2. The highest BCUT2D eigenvalue weighted by atomic mass is 16.6. The van der Waals surface area contributed by atoms with E-state index in [0.29, 0.717) is 13.1 Å². The first-order valence-electron chi connectivity index (χ1n) is 6.59. The number of amides is 1. The Labute approximate surface area is 110 Å². The Hall–Kier alpha value is -0.810. The van der Waals surface area contributed by atoms with Crippen molar-refractivity contribution in [3.05, 3.63) is 0 Å². The molecule has 0 aromatic rings. The summed E-state index contributed by atoms with van der Waals surface area (Å²) in [5, 5.41) is 9.00. The van der Waals surface area contributed by atoms with Gasteiger partial charge in [-0.05, 0) is 34.6 Å². The van der Waals surface area contributed by atoms with Gasteiger partial charge in [-0.25, -0.2) is 4.79 Å². The summed E-state index contributed by atoms with van der Waals surface area (Å²) in [6.07, 6.45) is -0.245. The molecule has 0 saturated carbocycles. The fourth-order valence-electron chi connectivity index (χ4n) is 2.21. The van der Waals surface area contributed by atoms with Crippen LogP contribution in [0.2, 0.25) is 0 Å². The number of rotatable bonds is 2. The van der Waals surface area contributed by atoms with Crippen molar-refractivity contribution in [1.29, 1.82) is 0 Å². The third kappa shape index (κ3) is 4.14. The first-order valence-corrected chi connectivity index (χ1v) is 6.59. The number of piperazine rings is 1. The Kier molecular flexibility index (Phi) is 4.99. The van der Waals surface area contributed by atoms with Gasteiger partial charge in [-0.15, -0.1) is 0 Å². The second-order valence-corrected chi connectivity index (χ2v) is 6.05. The third-order valence-electron chi connectivity index (χ3n) is 3.13. The summed E-state index contributed by atoms with van der Waals surface area (Å²) in [5.74, 6) is 0. The van der Waals surface area contributed by atoms with Crippen LogP contribution in [0.5, 0.6) is 0 Å². The van der Waals surface area contributed by atoms with Crippen molar-refractivity contribution in [2.24, 2.45) is 0 Å². The molecule has 1 N–H and O–H groups in total. The average molecular weight is 258 g/mol. The van der Waals surface area contributed by atoms with Crippen LogP contribution in [0.25, 0.3) is 0 Å². The summed E-state index contributed by atoms with van der Waals surface area (Å²) in [6.45, 7) is 12.0. The molecule has 2 atom stereocenters. The summed E-state index contributed by atoms with van der Waals surface area (Å²) in [7, 11) is 0. The van der Waals surface area contributed by atoms with Crippen molar-refractivity contribution in [2.45, 2.75) is 52.3 Å². The molecule has 1 amide bonds. The Balaban J connectivity index is 2.61. The van der Waals surface area contributed by atoms with Gasteiger partial charge in [0.1, 0.15) is 5.60 Å². The van der Waals surface area contributed by atoms with E-state index >= 15 is 0 Å². The minimum atomic E-state index is -0.456. The van der Waals surface area contributed by atoms with Gasteiger partial charge < -0.3 is 14.7 Å². The lowest BCUT2D eigenvalue weighted by Crippen LogP contribution is -2.59. The predicted octanol–water partition coefficient (Wildman–Crippen LogP) is 1.31. The van der Waals surface area contributed by atoms with E-state index in [1.165, 1.54) is 0 Å². The maximum Gasteiger partial charge on any atom is 0.410 e. The van der Waals surface area contributed by atoms with Crippen molar-refractivity contribution in [3.8, 4) is 0 Å². The Bertz CT molecular complexity index is 288. The van der Waals surface area contributed by atoms with Gasteiger partial charge in [0.25, 0.3) is 0 Å². The maximum atomic E-state index is 12.1. The molecule has 0 aromatic heterocycles. The molecule has 5 nitrogen and oxygen atoms in total. The van der Waals surface area contributed by atoms with Crippen molar-refractivity contribution in [2.75, 3.05) is 26.2 Å². The van der Waals surface area contributed by atoms with Gasteiger partial charge in [0.05, 0.1) is 6.61 Å². The van der Waals surface area contributed by atoms with Crippen molar-refractivity contribution < 1.29 is 14.6 Å². The summed E-state index contributed by atoms with van der Waals surface area (Å²) in [4.78, 5) is 16.1. The van der Waals surface area contributed by atoms with E-state index < -0.39 is 5.60 Å². The maximum absolute atomic E-state index is 12.1. The van der Waals surface area contributed by atoms with Crippen LogP contribution in [-0.4, -0.2) is 64.9 Å². The van der Waals surface area contributed by atoms with Gasteiger partial charge in [-0.2, -0.15) is 0 Å². The molecule has 1 fully saturated rings. The zero-order chi connectivity index (χ0) is 13.9. The van der Waals surface area contributed by atoms with Gasteiger partial charge in [0.15, 0.2) is 0 Å². The standard InChI is InChI=1S/C13H26N2O3/c1-10-9-15(12(17)18-13(3,4)5)11(2)8-14(10)6-7-16/h10-11,16H,6-9H2,1-5H3. The lowest BCUT2D eigenvalue weighted by atomic mass is 10.1. The highest BCUT2D eigenvalue weighted by molar-refractivity contribution is 5.68. The van der Waals surface area contributed by atoms with Crippen LogP contribution >= 0.6 is 0 Å². The molecular formula is C13H26N2O3. The number of aliphatic hydroxyl groups excluding tert-OH is 1. The zero-order valence-electron chi connectivity index (χ0n) is 12.1. The molecule has 1 aliphatic rings. The first kappa shape index (κ1) is 15.2. The van der Waals surface area contributed by atoms with E-state index in [1.54, 1.807) is 4.90 Å². The quantitative estimate of drug-likeness (QED) is 0.811. The first-order chi connectivity index (χ1) is 8.24. The van der Waals surface area contributed by atoms with Crippen molar-refractivity contribution >= 4 is 6.09 Å². The van der Waals surface area contributed by atoms with Crippen LogP contribution in [0.15, 0.2) is 0 Å². The highest BCUT2D eigenvalue weighted by Crippen LogP contribution is 2.18. The molecule has 5 heteroatoms. The van der Waals surface area contributed by atoms with E-state index in [9.17, 15) is 4.79 Å². The number of carbonyl (C=O) groups excluding carboxylic acids is 1. The van der Waals surface area contributed by atoms with Crippen LogP contribution in [-0.2, 0) is 4.74 Å². The zero-order valence-corrected chi connectivity index (χ0v) is 12.1. The molecule has 1 saturated heterocycles. The van der Waals surface area contributed by atoms with Gasteiger partial charge in [0, 0.05) is 31.7 Å². The number of β-amino-alcohol motifs (C(OH)–C–C–N with tert-alkyl or cyclic N) is 1. The lowest BCUT2D eigenvalue weighted by molar-refractivity contribution is -0.0124. The SMILES string of the molecule is CC1CN(C(=O)OC(C)(C)C)C(C)CN1CCO. The van der Waals surface area contributed by atoms with Crippen LogP contribution in [0, 0.1) is 0 Å². The van der Waals surface area contributed by atoms with E-state index in [-0.39, 0.29) is 24.8 Å². The van der Waals surface area contributed by atoms with Crippen LogP contribution in [0.3, 0.4) is 0 Å². The molecule has 0 radical (unpaired) electrons. The van der Waals surface area contributed by atoms with Crippen LogP contribution < -0.4 is 0 Å². The topological polar surface area (TPSA) is 53.0 Å². The number of hydrogen-bond donors (Lipinski definition) is 1. The number of nitrogens with zero attached hydrogens (tertiary/aromatic N) is 2. The number of aliphatic hydroxyl groups is 1. The molecule has 2 unspecified atom stereocenters. The minimum absolute atomic E-state index is 0.114. The number of hydrogen-bond acceptors (Lipinski definition) is 4. The van der Waals surface area contributed by atoms with E-state index in [4.69, 9.17) is 9.84 Å². The second kappa shape index (κ2) is 5.89. The fourth-order valence-corrected chi connectivity index (χ4v) is 2.21. The number of carbonyl (C=O) groups is 1. The van der Waals surface area contributed by atoms with Crippen LogP contribution in [0.1, 0.15) is 34.6 Å². The molecule has 0 aliphatic carbocycles. The third-order valence-corrected chi connectivity index (χ3v) is 3.13. The predicted molar refractivity (Wildman–Crippen MR) is 70.5 cm³/mol. The summed E-state index contributed by atoms with van der Waals surface area (Å²) >= 11 is 0. The minimum Gasteiger partial charge on any atom is -0.444 e. The lowest BCUT2D eigenvalue weighted by Gasteiger charge is -2.44. The van der Waals surface area contributed by atoms with Gasteiger partial charge in [-0.1, -0.05) is 0 Å². The Morgan fingerprint density at radius 3 is 2.39 bits per heavy atom. The molecule has 0 aromatic carbocycles. The molecule has 0 bridgehead atoms. The van der Waals surface area contributed by atoms with Crippen molar-refractivity contribution in [1.82, 2.24) is 9.80 Å². The van der Waals surface area contributed by atoms with E-state index in [1.807, 2.05) is 27.7 Å². The fraction of sp³-hybridized carbons (Fsp3) is 0.923. The second-order valence-electron chi connectivity index (χ2n) is 6.05. The van der Waals surface area contributed by atoms with E-state index in [2.05, 4.69) is 11.8 Å². The highest BCUT2D eigenvalue weighted by Gasteiger charge is 2.33. The van der Waals surface area contributed by atoms with Gasteiger partial charge in [-0.3, -0.25) is 4.90 Å². The summed E-state index contributed by atoms with van der Waals surface area (Å²) < 4.78 is 5.41.